The molecule has 0 aromatic carbocycles. The summed E-state index contributed by atoms with van der Waals surface area (Å²) in [4.78, 5) is 11.8. The van der Waals surface area contributed by atoms with Gasteiger partial charge in [0.25, 0.3) is 0 Å². The summed E-state index contributed by atoms with van der Waals surface area (Å²) >= 11 is 1.40. The molecule has 1 amide bonds. The summed E-state index contributed by atoms with van der Waals surface area (Å²) in [6.45, 7) is 2.13. The first-order valence-corrected chi connectivity index (χ1v) is 7.15. The van der Waals surface area contributed by atoms with Gasteiger partial charge in [0.05, 0.1) is 5.56 Å². The molecule has 1 aliphatic heterocycles. The minimum atomic E-state index is 0.0208. The highest BCUT2D eigenvalue weighted by Crippen LogP contribution is 2.23. The minimum absolute atomic E-state index is 0.0208. The van der Waals surface area contributed by atoms with Gasteiger partial charge in [-0.3, -0.25) is 4.79 Å². The number of nitriles is 1. The number of anilines is 1. The number of nitrogens with zero attached hydrogens (tertiary/aromatic N) is 1. The van der Waals surface area contributed by atoms with Crippen LogP contribution in [0.1, 0.15) is 31.2 Å². The van der Waals surface area contributed by atoms with Crippen LogP contribution in [0.3, 0.4) is 0 Å². The summed E-state index contributed by atoms with van der Waals surface area (Å²) in [5, 5.41) is 17.5. The Morgan fingerprint density at radius 2 is 2.33 bits per heavy atom. The van der Waals surface area contributed by atoms with Gasteiger partial charge in [0.2, 0.25) is 5.91 Å². The molecule has 4 nitrogen and oxygen atoms in total. The van der Waals surface area contributed by atoms with E-state index in [4.69, 9.17) is 5.26 Å². The summed E-state index contributed by atoms with van der Waals surface area (Å²) in [5.74, 6) is 0.684. The van der Waals surface area contributed by atoms with Crippen LogP contribution in [0.15, 0.2) is 11.4 Å². The molecule has 1 fully saturated rings. The molecule has 0 atom stereocenters. The van der Waals surface area contributed by atoms with Gasteiger partial charge in [-0.25, -0.2) is 0 Å². The zero-order valence-electron chi connectivity index (χ0n) is 10.2. The molecule has 5 heteroatoms. The topological polar surface area (TPSA) is 64.9 Å². The van der Waals surface area contributed by atoms with E-state index < -0.39 is 0 Å². The monoisotopic (exact) mass is 263 g/mol. The van der Waals surface area contributed by atoms with E-state index >= 15 is 0 Å². The van der Waals surface area contributed by atoms with Gasteiger partial charge in [0.15, 0.2) is 0 Å². The highest BCUT2D eigenvalue weighted by molar-refractivity contribution is 7.14. The van der Waals surface area contributed by atoms with Crippen molar-refractivity contribution in [1.29, 1.82) is 5.26 Å². The van der Waals surface area contributed by atoms with Crippen molar-refractivity contribution in [1.82, 2.24) is 5.32 Å². The average Bonchev–Trinajstić information content (AvgIpc) is 2.85. The van der Waals surface area contributed by atoms with Crippen molar-refractivity contribution in [2.24, 2.45) is 5.92 Å². The van der Waals surface area contributed by atoms with Crippen LogP contribution >= 0.6 is 11.3 Å². The van der Waals surface area contributed by atoms with Crippen LogP contribution in [0.2, 0.25) is 0 Å². The number of carbonyl (C=O) groups excluding carboxylic acids is 1. The normalized spacial score (nSPS) is 16.2. The zero-order chi connectivity index (χ0) is 12.8. The summed E-state index contributed by atoms with van der Waals surface area (Å²) in [6.07, 6.45) is 3.82. The van der Waals surface area contributed by atoms with Crippen molar-refractivity contribution in [2.75, 3.05) is 18.4 Å². The van der Waals surface area contributed by atoms with Gasteiger partial charge in [-0.1, -0.05) is 0 Å². The van der Waals surface area contributed by atoms with E-state index in [0.717, 1.165) is 32.4 Å². The number of hydrogen-bond acceptors (Lipinski definition) is 4. The highest BCUT2D eigenvalue weighted by atomic mass is 32.1. The SMILES string of the molecule is N#Cc1ccsc1NC(=O)CCC1CCNCC1. The second kappa shape index (κ2) is 6.53. The molecule has 2 heterocycles. The summed E-state index contributed by atoms with van der Waals surface area (Å²) in [7, 11) is 0. The van der Waals surface area contributed by atoms with Gasteiger partial charge >= 0.3 is 0 Å². The quantitative estimate of drug-likeness (QED) is 0.876. The first kappa shape index (κ1) is 13.1. The third-order valence-electron chi connectivity index (χ3n) is 3.28. The Hall–Kier alpha value is -1.38. The average molecular weight is 263 g/mol. The van der Waals surface area contributed by atoms with Crippen LogP contribution in [0.25, 0.3) is 0 Å². The lowest BCUT2D eigenvalue weighted by Crippen LogP contribution is -2.28. The molecular weight excluding hydrogens is 246 g/mol. The second-order valence-corrected chi connectivity index (χ2v) is 5.47. The fourth-order valence-corrected chi connectivity index (χ4v) is 2.94. The van der Waals surface area contributed by atoms with E-state index in [-0.39, 0.29) is 5.91 Å². The molecule has 0 unspecified atom stereocenters. The molecule has 2 rings (SSSR count). The molecule has 2 N–H and O–H groups in total. The van der Waals surface area contributed by atoms with Gasteiger partial charge in [0.1, 0.15) is 11.1 Å². The fourth-order valence-electron chi connectivity index (χ4n) is 2.19. The molecule has 18 heavy (non-hydrogen) atoms. The predicted octanol–water partition coefficient (Wildman–Crippen LogP) is 2.34. The van der Waals surface area contributed by atoms with E-state index in [1.807, 2.05) is 5.38 Å². The Balaban J connectivity index is 1.77. The third-order valence-corrected chi connectivity index (χ3v) is 4.11. The third kappa shape index (κ3) is 3.56. The largest absolute Gasteiger partial charge is 0.317 e. The molecule has 0 aliphatic carbocycles. The Labute approximate surface area is 111 Å². The van der Waals surface area contributed by atoms with Crippen LogP contribution in [0.5, 0.6) is 0 Å². The molecule has 96 valence electrons. The van der Waals surface area contributed by atoms with E-state index in [1.54, 1.807) is 6.07 Å². The van der Waals surface area contributed by atoms with Crippen molar-refractivity contribution in [3.8, 4) is 6.07 Å². The molecule has 1 aromatic rings. The minimum Gasteiger partial charge on any atom is -0.317 e. The summed E-state index contributed by atoms with van der Waals surface area (Å²) in [5.41, 5.74) is 0.551. The molecule has 1 aromatic heterocycles. The maximum atomic E-state index is 11.8. The van der Waals surface area contributed by atoms with Crippen molar-refractivity contribution >= 4 is 22.2 Å². The second-order valence-electron chi connectivity index (χ2n) is 4.56. The Kier molecular flexibility index (Phi) is 4.73. The van der Waals surface area contributed by atoms with Crippen LogP contribution in [0.4, 0.5) is 5.00 Å². The molecule has 1 saturated heterocycles. The van der Waals surface area contributed by atoms with Crippen molar-refractivity contribution in [2.45, 2.75) is 25.7 Å². The number of nitrogens with one attached hydrogen (secondary N) is 2. The van der Waals surface area contributed by atoms with Gasteiger partial charge in [-0.05, 0) is 49.7 Å². The Morgan fingerprint density at radius 3 is 3.06 bits per heavy atom. The number of rotatable bonds is 4. The summed E-state index contributed by atoms with van der Waals surface area (Å²) < 4.78 is 0. The smallest absolute Gasteiger partial charge is 0.225 e. The molecule has 0 saturated carbocycles. The predicted molar refractivity (Wildman–Crippen MR) is 72.5 cm³/mol. The number of amides is 1. The van der Waals surface area contributed by atoms with Gasteiger partial charge in [-0.2, -0.15) is 5.26 Å². The van der Waals surface area contributed by atoms with Crippen molar-refractivity contribution in [3.05, 3.63) is 17.0 Å². The van der Waals surface area contributed by atoms with E-state index in [1.165, 1.54) is 11.3 Å². The van der Waals surface area contributed by atoms with E-state index in [9.17, 15) is 4.79 Å². The van der Waals surface area contributed by atoms with Crippen LogP contribution in [-0.4, -0.2) is 19.0 Å². The Morgan fingerprint density at radius 1 is 1.56 bits per heavy atom. The summed E-state index contributed by atoms with van der Waals surface area (Å²) in [6, 6.07) is 3.80. The maximum absolute atomic E-state index is 11.8. The lowest BCUT2D eigenvalue weighted by Gasteiger charge is -2.22. The molecule has 0 bridgehead atoms. The maximum Gasteiger partial charge on any atom is 0.225 e. The van der Waals surface area contributed by atoms with Gasteiger partial charge in [0, 0.05) is 6.42 Å². The molecule has 0 spiro atoms. The lowest BCUT2D eigenvalue weighted by atomic mass is 9.93. The highest BCUT2D eigenvalue weighted by Gasteiger charge is 2.15. The van der Waals surface area contributed by atoms with Gasteiger partial charge < -0.3 is 10.6 Å². The molecule has 1 aliphatic rings. The first-order valence-electron chi connectivity index (χ1n) is 6.27. The van der Waals surface area contributed by atoms with Gasteiger partial charge in [-0.15, -0.1) is 11.3 Å². The lowest BCUT2D eigenvalue weighted by molar-refractivity contribution is -0.116. The number of thiophene rings is 1. The van der Waals surface area contributed by atoms with E-state index in [0.29, 0.717) is 22.9 Å². The van der Waals surface area contributed by atoms with Crippen molar-refractivity contribution < 1.29 is 4.79 Å². The number of carbonyl (C=O) groups is 1. The standard InChI is InChI=1S/C13H17N3OS/c14-9-11-5-8-18-13(11)16-12(17)2-1-10-3-6-15-7-4-10/h5,8,10,15H,1-4,6-7H2,(H,16,17). The van der Waals surface area contributed by atoms with E-state index in [2.05, 4.69) is 16.7 Å². The van der Waals surface area contributed by atoms with Crippen LogP contribution in [0, 0.1) is 17.2 Å². The molecular formula is C13H17N3OS. The van der Waals surface area contributed by atoms with Crippen LogP contribution in [-0.2, 0) is 4.79 Å². The first-order chi connectivity index (χ1) is 8.79. The fraction of sp³-hybridized carbons (Fsp3) is 0.538. The Bertz CT molecular complexity index is 443. The van der Waals surface area contributed by atoms with Crippen LogP contribution < -0.4 is 10.6 Å². The number of piperidine rings is 1. The zero-order valence-corrected chi connectivity index (χ0v) is 11.1. The van der Waals surface area contributed by atoms with Crippen molar-refractivity contribution in [3.63, 3.8) is 0 Å². The molecule has 0 radical (unpaired) electrons. The number of hydrogen-bond donors (Lipinski definition) is 2.